The fourth-order valence-electron chi connectivity index (χ4n) is 4.48. The predicted molar refractivity (Wildman–Crippen MR) is 150 cm³/mol. The molecular weight excluding hydrogens is 583 g/mol. The van der Waals surface area contributed by atoms with E-state index in [1.54, 1.807) is 12.1 Å². The highest BCUT2D eigenvalue weighted by atomic mass is 35.5. The highest BCUT2D eigenvalue weighted by molar-refractivity contribution is 7.92. The first-order valence-corrected chi connectivity index (χ1v) is 13.8. The molecule has 9 nitrogen and oxygen atoms in total. The number of anilines is 1. The first-order chi connectivity index (χ1) is 18.9. The maximum Gasteiger partial charge on any atom is 0.416 e. The summed E-state index contributed by atoms with van der Waals surface area (Å²) >= 11 is 0. The Hall–Kier alpha value is -3.81. The zero-order valence-electron chi connectivity index (χ0n) is 22.1. The monoisotopic (exact) mass is 609 g/mol. The molecule has 4 aromatic rings. The lowest BCUT2D eigenvalue weighted by molar-refractivity contribution is -0.137. The molecule has 2 aromatic carbocycles. The number of rotatable bonds is 6. The highest BCUT2D eigenvalue weighted by Crippen LogP contribution is 2.32. The Kier molecular flexibility index (Phi) is 8.52. The normalized spacial score (nSPS) is 14.0. The third kappa shape index (κ3) is 6.11. The maximum atomic E-state index is 13.0. The maximum absolute atomic E-state index is 13.0. The number of ether oxygens (including phenoxy) is 1. The van der Waals surface area contributed by atoms with E-state index in [-0.39, 0.29) is 34.8 Å². The van der Waals surface area contributed by atoms with E-state index in [2.05, 4.69) is 10.3 Å². The van der Waals surface area contributed by atoms with Gasteiger partial charge in [0, 0.05) is 57.2 Å². The van der Waals surface area contributed by atoms with Crippen LogP contribution in [0, 0.1) is 0 Å². The van der Waals surface area contributed by atoms with E-state index in [9.17, 15) is 26.4 Å². The summed E-state index contributed by atoms with van der Waals surface area (Å²) in [6.07, 6.45) is -3.27. The molecule has 218 valence electrons. The van der Waals surface area contributed by atoms with Crippen LogP contribution in [0.1, 0.15) is 16.1 Å². The van der Waals surface area contributed by atoms with Gasteiger partial charge in [0.25, 0.3) is 15.9 Å². The summed E-state index contributed by atoms with van der Waals surface area (Å²) in [5, 5.41) is 4.05. The molecule has 0 saturated carbocycles. The van der Waals surface area contributed by atoms with E-state index in [1.807, 2.05) is 28.6 Å². The SMILES string of the molecule is CN(c1ccc(Oc2ccc3c(c2)cc(C(=O)N2CCNCC2)n3C)nc1)S(=O)(=O)c1ccc(C(F)(F)F)cc1.Cl. The molecule has 1 N–H and O–H groups in total. The summed E-state index contributed by atoms with van der Waals surface area (Å²) in [6, 6.07) is 13.5. The van der Waals surface area contributed by atoms with Gasteiger partial charge >= 0.3 is 6.18 Å². The summed E-state index contributed by atoms with van der Waals surface area (Å²) in [4.78, 5) is 18.7. The van der Waals surface area contributed by atoms with Crippen LogP contribution in [0.5, 0.6) is 11.6 Å². The standard InChI is InChI=1S/C27H26F3N5O4S.ClH/c1-33-23-9-6-21(15-18(23)16-24(33)26(36)35-13-11-31-12-14-35)39-25-10-5-20(17-32-25)34(2)40(37,38)22-7-3-19(4-8-22)27(28,29)30;/h3-10,15-17,31H,11-14H2,1-2H3;1H. The van der Waals surface area contributed by atoms with Crippen molar-refractivity contribution in [3.05, 3.63) is 78.1 Å². The molecular formula is C27H27ClF3N5O4S. The average molecular weight is 610 g/mol. The number of fused-ring (bicyclic) bond motifs is 1. The lowest BCUT2D eigenvalue weighted by Gasteiger charge is -2.27. The lowest BCUT2D eigenvalue weighted by atomic mass is 10.2. The molecule has 0 radical (unpaired) electrons. The number of hydrogen-bond acceptors (Lipinski definition) is 6. The van der Waals surface area contributed by atoms with E-state index in [4.69, 9.17) is 4.74 Å². The van der Waals surface area contributed by atoms with Gasteiger partial charge in [-0.15, -0.1) is 12.4 Å². The zero-order chi connectivity index (χ0) is 28.7. The number of halogens is 4. The van der Waals surface area contributed by atoms with Crippen molar-refractivity contribution in [2.24, 2.45) is 7.05 Å². The molecule has 1 saturated heterocycles. The van der Waals surface area contributed by atoms with Gasteiger partial charge < -0.3 is 19.5 Å². The Labute approximate surface area is 241 Å². The summed E-state index contributed by atoms with van der Waals surface area (Å²) in [7, 11) is -0.993. The number of piperazine rings is 1. The number of alkyl halides is 3. The van der Waals surface area contributed by atoms with Crippen LogP contribution >= 0.6 is 12.4 Å². The Balaban J connectivity index is 0.00000387. The molecule has 3 heterocycles. The van der Waals surface area contributed by atoms with Gasteiger partial charge in [0.2, 0.25) is 5.88 Å². The van der Waals surface area contributed by atoms with Crippen molar-refractivity contribution in [3.63, 3.8) is 0 Å². The van der Waals surface area contributed by atoms with Gasteiger partial charge in [-0.1, -0.05) is 0 Å². The minimum absolute atomic E-state index is 0. The Morgan fingerprint density at radius 3 is 2.32 bits per heavy atom. The number of carbonyl (C=O) groups excluding carboxylic acids is 1. The topological polar surface area (TPSA) is 96.8 Å². The number of pyridine rings is 1. The molecule has 5 rings (SSSR count). The molecule has 14 heteroatoms. The molecule has 0 spiro atoms. The Morgan fingerprint density at radius 2 is 1.71 bits per heavy atom. The number of sulfonamides is 1. The first-order valence-electron chi connectivity index (χ1n) is 12.3. The highest BCUT2D eigenvalue weighted by Gasteiger charge is 2.31. The number of carbonyl (C=O) groups is 1. The van der Waals surface area contributed by atoms with E-state index >= 15 is 0 Å². The van der Waals surface area contributed by atoms with E-state index in [1.165, 1.54) is 25.4 Å². The third-order valence-electron chi connectivity index (χ3n) is 6.78. The number of aryl methyl sites for hydroxylation is 1. The minimum Gasteiger partial charge on any atom is -0.439 e. The number of benzene rings is 2. The van der Waals surface area contributed by atoms with Gasteiger partial charge in [0.15, 0.2) is 0 Å². The molecule has 0 unspecified atom stereocenters. The summed E-state index contributed by atoms with van der Waals surface area (Å²) < 4.78 is 73.0. The largest absolute Gasteiger partial charge is 0.439 e. The van der Waals surface area contributed by atoms with Crippen LogP contribution in [-0.4, -0.2) is 62.0 Å². The van der Waals surface area contributed by atoms with Crippen LogP contribution in [0.25, 0.3) is 10.9 Å². The van der Waals surface area contributed by atoms with Crippen LogP contribution in [-0.2, 0) is 23.2 Å². The molecule has 0 atom stereocenters. The van der Waals surface area contributed by atoms with Gasteiger partial charge in [-0.3, -0.25) is 9.10 Å². The van der Waals surface area contributed by atoms with Gasteiger partial charge in [-0.25, -0.2) is 13.4 Å². The Bertz CT molecular complexity index is 1650. The molecule has 0 bridgehead atoms. The number of aromatic nitrogens is 2. The summed E-state index contributed by atoms with van der Waals surface area (Å²) in [6.45, 7) is 2.82. The van der Waals surface area contributed by atoms with Crippen LogP contribution in [0.2, 0.25) is 0 Å². The van der Waals surface area contributed by atoms with Gasteiger partial charge in [0.05, 0.1) is 22.3 Å². The fraction of sp³-hybridized carbons (Fsp3) is 0.259. The van der Waals surface area contributed by atoms with E-state index in [0.717, 1.165) is 52.6 Å². The van der Waals surface area contributed by atoms with Crippen molar-refractivity contribution in [1.82, 2.24) is 19.8 Å². The molecule has 1 amide bonds. The second-order valence-corrected chi connectivity index (χ2v) is 11.3. The van der Waals surface area contributed by atoms with Crippen molar-refractivity contribution >= 4 is 44.9 Å². The van der Waals surface area contributed by atoms with Gasteiger partial charge in [-0.05, 0) is 54.6 Å². The molecule has 1 aliphatic heterocycles. The first kappa shape index (κ1) is 30.2. The zero-order valence-corrected chi connectivity index (χ0v) is 23.7. The van der Waals surface area contributed by atoms with Crippen LogP contribution in [0.15, 0.2) is 71.8 Å². The number of nitrogens with zero attached hydrogens (tertiary/aromatic N) is 4. The van der Waals surface area contributed by atoms with Crippen molar-refractivity contribution in [1.29, 1.82) is 0 Å². The van der Waals surface area contributed by atoms with Crippen LogP contribution < -0.4 is 14.4 Å². The number of hydrogen-bond donors (Lipinski definition) is 1. The van der Waals surface area contributed by atoms with Crippen molar-refractivity contribution in [2.45, 2.75) is 11.1 Å². The molecule has 1 aliphatic rings. The molecule has 1 fully saturated rings. The number of nitrogens with one attached hydrogen (secondary N) is 1. The molecule has 41 heavy (non-hydrogen) atoms. The van der Waals surface area contributed by atoms with Crippen molar-refractivity contribution in [2.75, 3.05) is 37.5 Å². The quantitative estimate of drug-likeness (QED) is 0.341. The number of amides is 1. The second kappa shape index (κ2) is 11.6. The molecule has 2 aromatic heterocycles. The van der Waals surface area contributed by atoms with Crippen molar-refractivity contribution in [3.8, 4) is 11.6 Å². The third-order valence-corrected chi connectivity index (χ3v) is 8.58. The Morgan fingerprint density at radius 1 is 1.02 bits per heavy atom. The molecule has 0 aliphatic carbocycles. The summed E-state index contributed by atoms with van der Waals surface area (Å²) in [5.41, 5.74) is 0.702. The van der Waals surface area contributed by atoms with Crippen molar-refractivity contribution < 1.29 is 31.1 Å². The fourth-order valence-corrected chi connectivity index (χ4v) is 5.66. The lowest BCUT2D eigenvalue weighted by Crippen LogP contribution is -2.46. The summed E-state index contributed by atoms with van der Waals surface area (Å²) in [5.74, 6) is 0.650. The van der Waals surface area contributed by atoms with Crippen LogP contribution in [0.3, 0.4) is 0 Å². The van der Waals surface area contributed by atoms with Gasteiger partial charge in [0.1, 0.15) is 11.4 Å². The minimum atomic E-state index is -4.57. The average Bonchev–Trinajstić information content (AvgIpc) is 3.28. The van der Waals surface area contributed by atoms with Gasteiger partial charge in [-0.2, -0.15) is 13.2 Å². The van der Waals surface area contributed by atoms with E-state index < -0.39 is 21.8 Å². The second-order valence-electron chi connectivity index (χ2n) is 9.30. The van der Waals surface area contributed by atoms with Crippen LogP contribution in [0.4, 0.5) is 18.9 Å². The smallest absolute Gasteiger partial charge is 0.416 e. The van der Waals surface area contributed by atoms with E-state index in [0.29, 0.717) is 24.5 Å². The predicted octanol–water partition coefficient (Wildman–Crippen LogP) is 4.68.